The third-order valence-electron chi connectivity index (χ3n) is 4.55. The molecule has 2 amide bonds. The molecular weight excluding hydrogens is 396 g/mol. The van der Waals surface area contributed by atoms with Crippen LogP contribution < -0.4 is 10.9 Å². The van der Waals surface area contributed by atoms with Crippen molar-refractivity contribution in [1.29, 1.82) is 0 Å². The maximum absolute atomic E-state index is 12.8. The molecule has 2 heterocycles. The van der Waals surface area contributed by atoms with Crippen LogP contribution in [0.3, 0.4) is 0 Å². The van der Waals surface area contributed by atoms with Crippen LogP contribution in [0.25, 0.3) is 10.2 Å². The van der Waals surface area contributed by atoms with Crippen LogP contribution in [0.2, 0.25) is 0 Å². The molecule has 1 aliphatic rings. The van der Waals surface area contributed by atoms with Crippen LogP contribution in [0.1, 0.15) is 37.6 Å². The molecule has 0 spiro atoms. The van der Waals surface area contributed by atoms with Crippen molar-refractivity contribution in [3.05, 3.63) is 20.8 Å². The summed E-state index contributed by atoms with van der Waals surface area (Å²) in [6.07, 6.45) is 3.06. The molecule has 1 aliphatic carbocycles. The molecule has 9 heteroatoms. The second-order valence-corrected chi connectivity index (χ2v) is 10.2. The van der Waals surface area contributed by atoms with Crippen LogP contribution in [0.15, 0.2) is 9.95 Å². The summed E-state index contributed by atoms with van der Waals surface area (Å²) in [4.78, 5) is 45.2. The first-order valence-electron chi connectivity index (χ1n) is 9.26. The van der Waals surface area contributed by atoms with Crippen molar-refractivity contribution < 1.29 is 9.59 Å². The maximum Gasteiger partial charge on any atom is 0.262 e. The molecule has 7 nitrogen and oxygen atoms in total. The number of carbonyl (C=O) groups excluding carboxylic acids is 2. The Morgan fingerprint density at radius 2 is 2.04 bits per heavy atom. The van der Waals surface area contributed by atoms with Crippen LogP contribution in [-0.2, 0) is 29.5 Å². The number of nitrogens with zero attached hydrogens (tertiary/aromatic N) is 3. The second kappa shape index (κ2) is 7.87. The van der Waals surface area contributed by atoms with Gasteiger partial charge in [-0.1, -0.05) is 11.8 Å². The molecule has 0 bridgehead atoms. The zero-order valence-corrected chi connectivity index (χ0v) is 18.6. The van der Waals surface area contributed by atoms with Gasteiger partial charge in [0.2, 0.25) is 11.8 Å². The van der Waals surface area contributed by atoms with E-state index in [1.165, 1.54) is 26.1 Å². The molecule has 0 unspecified atom stereocenters. The van der Waals surface area contributed by atoms with Crippen molar-refractivity contribution in [2.45, 2.75) is 50.7 Å². The van der Waals surface area contributed by atoms with Crippen molar-refractivity contribution in [2.24, 2.45) is 7.05 Å². The van der Waals surface area contributed by atoms with E-state index in [0.717, 1.165) is 35.0 Å². The molecule has 0 aliphatic heterocycles. The van der Waals surface area contributed by atoms with Crippen molar-refractivity contribution in [2.75, 3.05) is 19.3 Å². The first-order chi connectivity index (χ1) is 13.1. The lowest BCUT2D eigenvalue weighted by atomic mass is 10.1. The molecule has 0 saturated heterocycles. The van der Waals surface area contributed by atoms with Gasteiger partial charge >= 0.3 is 0 Å². The lowest BCUT2D eigenvalue weighted by Crippen LogP contribution is -2.46. The number of aryl methyl sites for hydroxylation is 2. The van der Waals surface area contributed by atoms with Gasteiger partial charge in [0.25, 0.3) is 5.56 Å². The lowest BCUT2D eigenvalue weighted by molar-refractivity contribution is -0.133. The summed E-state index contributed by atoms with van der Waals surface area (Å²) >= 11 is 2.82. The van der Waals surface area contributed by atoms with E-state index in [0.29, 0.717) is 5.16 Å². The van der Waals surface area contributed by atoms with Gasteiger partial charge in [0.15, 0.2) is 5.16 Å². The number of nitrogens with one attached hydrogen (secondary N) is 1. The van der Waals surface area contributed by atoms with Gasteiger partial charge in [-0.05, 0) is 45.6 Å². The second-order valence-electron chi connectivity index (χ2n) is 8.13. The number of amides is 2. The minimum absolute atomic E-state index is 0.000295. The zero-order valence-electron chi connectivity index (χ0n) is 16.9. The van der Waals surface area contributed by atoms with E-state index in [1.54, 1.807) is 25.4 Å². The van der Waals surface area contributed by atoms with Gasteiger partial charge in [0, 0.05) is 24.5 Å². The topological polar surface area (TPSA) is 84.3 Å². The summed E-state index contributed by atoms with van der Waals surface area (Å²) in [5.74, 6) is -0.263. The van der Waals surface area contributed by atoms with E-state index >= 15 is 0 Å². The highest BCUT2D eigenvalue weighted by Crippen LogP contribution is 2.35. The number of thioether (sulfide) groups is 1. The molecule has 0 saturated carbocycles. The monoisotopic (exact) mass is 422 g/mol. The van der Waals surface area contributed by atoms with E-state index in [9.17, 15) is 14.4 Å². The number of carbonyl (C=O) groups is 2. The summed E-state index contributed by atoms with van der Waals surface area (Å²) < 4.78 is 1.53. The molecule has 28 heavy (non-hydrogen) atoms. The first-order valence-corrected chi connectivity index (χ1v) is 11.1. The maximum atomic E-state index is 12.8. The Bertz CT molecular complexity index is 988. The third kappa shape index (κ3) is 4.41. The fourth-order valence-corrected chi connectivity index (χ4v) is 5.45. The van der Waals surface area contributed by atoms with Crippen LogP contribution in [0.4, 0.5) is 0 Å². The van der Waals surface area contributed by atoms with Crippen molar-refractivity contribution >= 4 is 45.1 Å². The number of aromatic nitrogens is 2. The molecule has 0 atom stereocenters. The predicted molar refractivity (Wildman–Crippen MR) is 113 cm³/mol. The molecule has 0 fully saturated rings. The number of thiophene rings is 1. The van der Waals surface area contributed by atoms with Gasteiger partial charge in [0.1, 0.15) is 4.83 Å². The quantitative estimate of drug-likeness (QED) is 0.588. The molecule has 3 rings (SSSR count). The van der Waals surface area contributed by atoms with E-state index < -0.39 is 0 Å². The van der Waals surface area contributed by atoms with E-state index in [4.69, 9.17) is 0 Å². The Balaban J connectivity index is 1.68. The van der Waals surface area contributed by atoms with Crippen molar-refractivity contribution in [1.82, 2.24) is 19.8 Å². The Labute approximate surface area is 172 Å². The Morgan fingerprint density at radius 1 is 1.32 bits per heavy atom. The summed E-state index contributed by atoms with van der Waals surface area (Å²) in [7, 11) is 3.30. The van der Waals surface area contributed by atoms with Gasteiger partial charge < -0.3 is 10.2 Å². The highest BCUT2D eigenvalue weighted by Gasteiger charge is 2.23. The first kappa shape index (κ1) is 20.9. The molecule has 2 aromatic rings. The molecule has 152 valence electrons. The van der Waals surface area contributed by atoms with Gasteiger partial charge in [0.05, 0.1) is 17.7 Å². The molecule has 2 aromatic heterocycles. The number of rotatable bonds is 5. The third-order valence-corrected chi connectivity index (χ3v) is 6.75. The highest BCUT2D eigenvalue weighted by atomic mass is 32.2. The van der Waals surface area contributed by atoms with Crippen molar-refractivity contribution in [3.8, 4) is 0 Å². The molecule has 0 radical (unpaired) electrons. The average molecular weight is 423 g/mol. The van der Waals surface area contributed by atoms with E-state index in [2.05, 4.69) is 10.3 Å². The Morgan fingerprint density at radius 3 is 2.71 bits per heavy atom. The summed E-state index contributed by atoms with van der Waals surface area (Å²) in [5, 5.41) is 4.11. The SMILES string of the molecule is CN(CC(=O)NC(C)(C)C)C(=O)CSc1nc2sc3c(c2c(=O)n1C)CCC3. The number of hydrogen-bond acceptors (Lipinski definition) is 6. The van der Waals surface area contributed by atoms with Gasteiger partial charge in [-0.15, -0.1) is 11.3 Å². The van der Waals surface area contributed by atoms with Crippen LogP contribution in [0.5, 0.6) is 0 Å². The smallest absolute Gasteiger partial charge is 0.262 e. The average Bonchev–Trinajstić information content (AvgIpc) is 3.15. The Kier molecular flexibility index (Phi) is 5.86. The molecular formula is C19H26N4O3S2. The number of fused-ring (bicyclic) bond motifs is 3. The minimum atomic E-state index is -0.339. The molecule has 0 aromatic carbocycles. The fraction of sp³-hybridized carbons (Fsp3) is 0.579. The van der Waals surface area contributed by atoms with E-state index in [1.807, 2.05) is 20.8 Å². The van der Waals surface area contributed by atoms with E-state index in [-0.39, 0.29) is 35.2 Å². The zero-order chi connectivity index (χ0) is 20.6. The normalized spacial score (nSPS) is 13.6. The standard InChI is InChI=1S/C19H26N4O3S2/c1-19(2,3)21-13(24)9-22(4)14(25)10-27-18-20-16-15(17(26)23(18)5)11-7-6-8-12(11)28-16/h6-10H2,1-5H3,(H,21,24). The van der Waals surface area contributed by atoms with Gasteiger partial charge in [-0.3, -0.25) is 19.0 Å². The summed E-state index contributed by atoms with van der Waals surface area (Å²) in [6.45, 7) is 5.68. The number of hydrogen-bond donors (Lipinski definition) is 1. The summed E-state index contributed by atoms with van der Waals surface area (Å²) in [5.41, 5.74) is 0.775. The predicted octanol–water partition coefficient (Wildman–Crippen LogP) is 1.95. The highest BCUT2D eigenvalue weighted by molar-refractivity contribution is 7.99. The van der Waals surface area contributed by atoms with Crippen molar-refractivity contribution in [3.63, 3.8) is 0 Å². The van der Waals surface area contributed by atoms with Gasteiger partial charge in [-0.25, -0.2) is 4.98 Å². The summed E-state index contributed by atoms with van der Waals surface area (Å²) in [6, 6.07) is 0. The molecule has 1 N–H and O–H groups in total. The fourth-order valence-electron chi connectivity index (χ4n) is 3.23. The van der Waals surface area contributed by atoms with Crippen LogP contribution >= 0.6 is 23.1 Å². The lowest BCUT2D eigenvalue weighted by Gasteiger charge is -2.23. The number of likely N-dealkylation sites (N-methyl/N-ethyl adjacent to an activating group) is 1. The van der Waals surface area contributed by atoms with Crippen LogP contribution in [0, 0.1) is 0 Å². The van der Waals surface area contributed by atoms with Crippen LogP contribution in [-0.4, -0.2) is 51.1 Å². The minimum Gasteiger partial charge on any atom is -0.350 e. The van der Waals surface area contributed by atoms with Gasteiger partial charge in [-0.2, -0.15) is 0 Å². The largest absolute Gasteiger partial charge is 0.350 e. The Hall–Kier alpha value is -1.87.